The molecule has 0 aliphatic rings. The van der Waals surface area contributed by atoms with Crippen LogP contribution >= 0.6 is 12.4 Å². The van der Waals surface area contributed by atoms with Crippen LogP contribution in [0.4, 0.5) is 0 Å². The highest BCUT2D eigenvalue weighted by molar-refractivity contribution is 5.94. The molecule has 2 rings (SSSR count). The summed E-state index contributed by atoms with van der Waals surface area (Å²) in [5.41, 5.74) is 7.17. The van der Waals surface area contributed by atoms with E-state index in [1.54, 1.807) is 0 Å². The number of amidine groups is 1. The number of halogens is 1. The van der Waals surface area contributed by atoms with E-state index >= 15 is 0 Å². The van der Waals surface area contributed by atoms with Gasteiger partial charge in [-0.25, -0.2) is 0 Å². The van der Waals surface area contributed by atoms with Crippen LogP contribution in [0.1, 0.15) is 11.1 Å². The van der Waals surface area contributed by atoms with E-state index in [1.165, 1.54) is 0 Å². The monoisotopic (exact) mass is 262 g/mol. The van der Waals surface area contributed by atoms with Gasteiger partial charge in [0.1, 0.15) is 18.2 Å². The molecule has 3 nitrogen and oxygen atoms in total. The summed E-state index contributed by atoms with van der Waals surface area (Å²) in [4.78, 5) is 0. The number of nitrogens with two attached hydrogens (primary N) is 1. The highest BCUT2D eigenvalue weighted by Crippen LogP contribution is 2.12. The second-order valence-electron chi connectivity index (χ2n) is 3.71. The molecule has 0 aliphatic heterocycles. The van der Waals surface area contributed by atoms with Gasteiger partial charge in [0.05, 0.1) is 0 Å². The third-order valence-electron chi connectivity index (χ3n) is 2.41. The predicted molar refractivity (Wildman–Crippen MR) is 75.5 cm³/mol. The first kappa shape index (κ1) is 14.1. The van der Waals surface area contributed by atoms with Crippen molar-refractivity contribution < 1.29 is 4.74 Å². The van der Waals surface area contributed by atoms with Gasteiger partial charge in [0.25, 0.3) is 0 Å². The summed E-state index contributed by atoms with van der Waals surface area (Å²) in [6.45, 7) is 0.516. The number of rotatable bonds is 4. The third-order valence-corrected chi connectivity index (χ3v) is 2.41. The Morgan fingerprint density at radius 3 is 2.17 bits per heavy atom. The Morgan fingerprint density at radius 2 is 1.61 bits per heavy atom. The molecule has 94 valence electrons. The van der Waals surface area contributed by atoms with Crippen molar-refractivity contribution in [1.29, 1.82) is 5.41 Å². The highest BCUT2D eigenvalue weighted by Gasteiger charge is 1.98. The van der Waals surface area contributed by atoms with Crippen LogP contribution in [0.15, 0.2) is 54.6 Å². The minimum atomic E-state index is 0. The summed E-state index contributed by atoms with van der Waals surface area (Å²) in [5.74, 6) is 0.934. The molecule has 0 saturated carbocycles. The lowest BCUT2D eigenvalue weighted by Crippen LogP contribution is -2.10. The molecule has 3 N–H and O–H groups in total. The Bertz CT molecular complexity index is 497. The maximum atomic E-state index is 7.29. The molecule has 2 aromatic rings. The van der Waals surface area contributed by atoms with Gasteiger partial charge in [0, 0.05) is 5.56 Å². The Kier molecular flexibility index (Phi) is 5.21. The molecule has 0 radical (unpaired) electrons. The fraction of sp³-hybridized carbons (Fsp3) is 0.0714. The van der Waals surface area contributed by atoms with Gasteiger partial charge < -0.3 is 10.5 Å². The molecule has 0 heterocycles. The van der Waals surface area contributed by atoms with Gasteiger partial charge in [-0.1, -0.05) is 42.5 Å². The zero-order valence-corrected chi connectivity index (χ0v) is 10.6. The number of nitrogen functional groups attached to an aromatic ring is 1. The fourth-order valence-electron chi connectivity index (χ4n) is 1.46. The van der Waals surface area contributed by atoms with Crippen LogP contribution in [-0.2, 0) is 6.61 Å². The van der Waals surface area contributed by atoms with Gasteiger partial charge in [-0.15, -0.1) is 12.4 Å². The first-order valence-electron chi connectivity index (χ1n) is 5.37. The predicted octanol–water partition coefficient (Wildman–Crippen LogP) is 2.97. The topological polar surface area (TPSA) is 59.1 Å². The van der Waals surface area contributed by atoms with Crippen LogP contribution in [0.25, 0.3) is 0 Å². The third kappa shape index (κ3) is 3.79. The quantitative estimate of drug-likeness (QED) is 0.657. The van der Waals surface area contributed by atoms with Gasteiger partial charge in [-0.2, -0.15) is 0 Å². The lowest BCUT2D eigenvalue weighted by Gasteiger charge is -2.06. The van der Waals surface area contributed by atoms with Crippen molar-refractivity contribution in [3.8, 4) is 5.75 Å². The van der Waals surface area contributed by atoms with Crippen molar-refractivity contribution in [1.82, 2.24) is 0 Å². The minimum absolute atomic E-state index is 0. The van der Waals surface area contributed by atoms with Crippen molar-refractivity contribution in [2.24, 2.45) is 5.73 Å². The van der Waals surface area contributed by atoms with Crippen LogP contribution in [0.5, 0.6) is 5.75 Å². The molecule has 18 heavy (non-hydrogen) atoms. The molecule has 0 bridgehead atoms. The summed E-state index contributed by atoms with van der Waals surface area (Å²) in [6.07, 6.45) is 0. The summed E-state index contributed by atoms with van der Waals surface area (Å²) >= 11 is 0. The van der Waals surface area contributed by atoms with Gasteiger partial charge >= 0.3 is 0 Å². The van der Waals surface area contributed by atoms with E-state index in [-0.39, 0.29) is 18.2 Å². The summed E-state index contributed by atoms with van der Waals surface area (Å²) in [6, 6.07) is 17.2. The molecule has 0 amide bonds. The van der Waals surface area contributed by atoms with E-state index < -0.39 is 0 Å². The van der Waals surface area contributed by atoms with Crippen LogP contribution in [0.2, 0.25) is 0 Å². The van der Waals surface area contributed by atoms with Crippen molar-refractivity contribution >= 4 is 18.2 Å². The van der Waals surface area contributed by atoms with Gasteiger partial charge in [0.2, 0.25) is 0 Å². The maximum Gasteiger partial charge on any atom is 0.122 e. The van der Waals surface area contributed by atoms with Gasteiger partial charge in [-0.05, 0) is 17.7 Å². The number of hydrogen-bond donors (Lipinski definition) is 2. The van der Waals surface area contributed by atoms with Gasteiger partial charge in [-0.3, -0.25) is 5.41 Å². The van der Waals surface area contributed by atoms with Crippen molar-refractivity contribution in [3.63, 3.8) is 0 Å². The molecular weight excluding hydrogens is 248 g/mol. The molecule has 4 heteroatoms. The maximum absolute atomic E-state index is 7.29. The molecule has 0 unspecified atom stereocenters. The average molecular weight is 263 g/mol. The van der Waals surface area contributed by atoms with E-state index in [1.807, 2.05) is 54.6 Å². The fourth-order valence-corrected chi connectivity index (χ4v) is 1.46. The summed E-state index contributed by atoms with van der Waals surface area (Å²) in [7, 11) is 0. The number of hydrogen-bond acceptors (Lipinski definition) is 2. The van der Waals surface area contributed by atoms with E-state index in [0.717, 1.165) is 16.9 Å². The van der Waals surface area contributed by atoms with E-state index in [0.29, 0.717) is 6.61 Å². The molecule has 0 fully saturated rings. The first-order chi connectivity index (χ1) is 8.25. The van der Waals surface area contributed by atoms with Crippen LogP contribution in [0.3, 0.4) is 0 Å². The van der Waals surface area contributed by atoms with Crippen LogP contribution in [-0.4, -0.2) is 5.84 Å². The number of para-hydroxylation sites is 1. The van der Waals surface area contributed by atoms with Crippen molar-refractivity contribution in [2.45, 2.75) is 6.61 Å². The molecule has 0 aliphatic carbocycles. The lowest BCUT2D eigenvalue weighted by atomic mass is 10.1. The average Bonchev–Trinajstić information content (AvgIpc) is 2.38. The summed E-state index contributed by atoms with van der Waals surface area (Å²) in [5, 5.41) is 7.29. The second kappa shape index (κ2) is 6.67. The number of nitrogens with one attached hydrogen (secondary N) is 1. The molecule has 2 aromatic carbocycles. The Balaban J connectivity index is 0.00000162. The Labute approximate surface area is 113 Å². The molecule has 0 atom stereocenters. The highest BCUT2D eigenvalue weighted by atomic mass is 35.5. The minimum Gasteiger partial charge on any atom is -0.489 e. The van der Waals surface area contributed by atoms with E-state index in [2.05, 4.69) is 0 Å². The molecule has 0 aromatic heterocycles. The number of ether oxygens (including phenoxy) is 1. The first-order valence-corrected chi connectivity index (χ1v) is 5.37. The van der Waals surface area contributed by atoms with Crippen molar-refractivity contribution in [2.75, 3.05) is 0 Å². The number of benzene rings is 2. The van der Waals surface area contributed by atoms with Gasteiger partial charge in [0.15, 0.2) is 0 Å². The summed E-state index contributed by atoms with van der Waals surface area (Å²) < 4.78 is 5.61. The zero-order valence-electron chi connectivity index (χ0n) is 9.80. The molecular formula is C14H15ClN2O. The Hall–Kier alpha value is -2.00. The van der Waals surface area contributed by atoms with Crippen LogP contribution < -0.4 is 10.5 Å². The zero-order chi connectivity index (χ0) is 12.1. The molecule has 0 saturated heterocycles. The second-order valence-corrected chi connectivity index (χ2v) is 3.71. The van der Waals surface area contributed by atoms with Crippen molar-refractivity contribution in [3.05, 3.63) is 65.7 Å². The Morgan fingerprint density at radius 1 is 1.00 bits per heavy atom. The van der Waals surface area contributed by atoms with E-state index in [4.69, 9.17) is 15.9 Å². The standard InChI is InChI=1S/C14H14N2O.ClH/c15-14(16)12-8-6-11(7-9-12)10-17-13-4-2-1-3-5-13;/h1-9H,10H2,(H3,15,16);1H. The lowest BCUT2D eigenvalue weighted by molar-refractivity contribution is 0.306. The molecule has 0 spiro atoms. The van der Waals surface area contributed by atoms with Crippen LogP contribution in [0, 0.1) is 5.41 Å². The smallest absolute Gasteiger partial charge is 0.122 e. The SMILES string of the molecule is Cl.N=C(N)c1ccc(COc2ccccc2)cc1. The normalized spacial score (nSPS) is 9.33. The van der Waals surface area contributed by atoms with E-state index in [9.17, 15) is 0 Å². The largest absolute Gasteiger partial charge is 0.489 e.